The molecule has 0 fully saturated rings. The molecule has 3 aromatic rings. The highest BCUT2D eigenvalue weighted by Gasteiger charge is 2.15. The SMILES string of the molecule is Cc1cccc2c1nc(SCC(=O)O)n2Cc1ccno1. The molecule has 3 rings (SSSR count). The number of nitrogens with zero attached hydrogens (tertiary/aromatic N) is 3. The number of para-hydroxylation sites is 1. The van der Waals surface area contributed by atoms with Crippen LogP contribution in [0.1, 0.15) is 11.3 Å². The van der Waals surface area contributed by atoms with Crippen LogP contribution in [0.25, 0.3) is 11.0 Å². The average molecular weight is 303 g/mol. The Hall–Kier alpha value is -2.28. The maximum atomic E-state index is 10.8. The summed E-state index contributed by atoms with van der Waals surface area (Å²) >= 11 is 1.20. The molecule has 0 bridgehead atoms. The summed E-state index contributed by atoms with van der Waals surface area (Å²) in [6.45, 7) is 2.46. The van der Waals surface area contributed by atoms with Gasteiger partial charge in [0.05, 0.1) is 29.5 Å². The van der Waals surface area contributed by atoms with Gasteiger partial charge < -0.3 is 14.2 Å². The number of aryl methyl sites for hydroxylation is 1. The molecule has 7 heteroatoms. The molecule has 0 amide bonds. The Bertz CT molecular complexity index is 780. The van der Waals surface area contributed by atoms with E-state index in [0.29, 0.717) is 17.5 Å². The standard InChI is InChI=1S/C14H13N3O3S/c1-9-3-2-4-11-13(9)16-14(21-8-12(18)19)17(11)7-10-5-6-15-20-10/h2-6H,7-8H2,1H3,(H,18,19). The van der Waals surface area contributed by atoms with Crippen molar-refractivity contribution in [2.45, 2.75) is 18.6 Å². The molecule has 21 heavy (non-hydrogen) atoms. The zero-order valence-corrected chi connectivity index (χ0v) is 12.1. The molecule has 0 aliphatic rings. The second-order valence-corrected chi connectivity index (χ2v) is 5.53. The number of fused-ring (bicyclic) bond motifs is 1. The number of aromatic nitrogens is 3. The van der Waals surface area contributed by atoms with Crippen molar-refractivity contribution in [2.24, 2.45) is 0 Å². The summed E-state index contributed by atoms with van der Waals surface area (Å²) in [5, 5.41) is 13.2. The Kier molecular flexibility index (Phi) is 3.66. The predicted molar refractivity (Wildman–Crippen MR) is 78.4 cm³/mol. The summed E-state index contributed by atoms with van der Waals surface area (Å²) in [6.07, 6.45) is 1.59. The van der Waals surface area contributed by atoms with Crippen molar-refractivity contribution in [3.8, 4) is 0 Å². The van der Waals surface area contributed by atoms with Crippen LogP contribution >= 0.6 is 11.8 Å². The van der Waals surface area contributed by atoms with Crippen LogP contribution in [0.5, 0.6) is 0 Å². The van der Waals surface area contributed by atoms with Gasteiger partial charge in [-0.15, -0.1) is 0 Å². The summed E-state index contributed by atoms with van der Waals surface area (Å²) in [7, 11) is 0. The van der Waals surface area contributed by atoms with Gasteiger partial charge in [0.1, 0.15) is 0 Å². The van der Waals surface area contributed by atoms with Crippen molar-refractivity contribution < 1.29 is 14.4 Å². The monoisotopic (exact) mass is 303 g/mol. The van der Waals surface area contributed by atoms with Crippen LogP contribution in [-0.2, 0) is 11.3 Å². The number of carboxylic acid groups (broad SMARTS) is 1. The Labute approximate surface area is 124 Å². The third kappa shape index (κ3) is 2.78. The van der Waals surface area contributed by atoms with Gasteiger partial charge in [-0.2, -0.15) is 0 Å². The van der Waals surface area contributed by atoms with Crippen molar-refractivity contribution in [3.05, 3.63) is 41.8 Å². The fourth-order valence-corrected chi connectivity index (χ4v) is 2.86. The van der Waals surface area contributed by atoms with Crippen LogP contribution in [-0.4, -0.2) is 31.5 Å². The van der Waals surface area contributed by atoms with Gasteiger partial charge in [0.2, 0.25) is 0 Å². The molecule has 0 aliphatic heterocycles. The number of rotatable bonds is 5. The van der Waals surface area contributed by atoms with E-state index in [0.717, 1.165) is 16.6 Å². The predicted octanol–water partition coefficient (Wildman–Crippen LogP) is 2.56. The van der Waals surface area contributed by atoms with Gasteiger partial charge in [-0.3, -0.25) is 4.79 Å². The number of aliphatic carboxylic acids is 1. The van der Waals surface area contributed by atoms with Crippen molar-refractivity contribution in [1.82, 2.24) is 14.7 Å². The lowest BCUT2D eigenvalue weighted by Crippen LogP contribution is -2.04. The summed E-state index contributed by atoms with van der Waals surface area (Å²) in [5.74, 6) is -0.193. The largest absolute Gasteiger partial charge is 0.481 e. The first-order valence-corrected chi connectivity index (χ1v) is 7.33. The van der Waals surface area contributed by atoms with E-state index in [-0.39, 0.29) is 5.75 Å². The molecule has 2 aromatic heterocycles. The quantitative estimate of drug-likeness (QED) is 0.730. The fourth-order valence-electron chi connectivity index (χ4n) is 2.13. The highest BCUT2D eigenvalue weighted by Crippen LogP contribution is 2.27. The Balaban J connectivity index is 2.06. The molecule has 2 heterocycles. The zero-order chi connectivity index (χ0) is 14.8. The van der Waals surface area contributed by atoms with E-state index in [1.165, 1.54) is 11.8 Å². The molecule has 1 N–H and O–H groups in total. The van der Waals surface area contributed by atoms with E-state index in [1.54, 1.807) is 12.3 Å². The summed E-state index contributed by atoms with van der Waals surface area (Å²) in [6, 6.07) is 7.70. The van der Waals surface area contributed by atoms with Gasteiger partial charge in [0, 0.05) is 6.07 Å². The minimum atomic E-state index is -0.866. The van der Waals surface area contributed by atoms with E-state index in [1.807, 2.05) is 29.7 Å². The van der Waals surface area contributed by atoms with Gasteiger partial charge in [-0.1, -0.05) is 29.1 Å². The van der Waals surface area contributed by atoms with Gasteiger partial charge in [0.15, 0.2) is 10.9 Å². The lowest BCUT2D eigenvalue weighted by Gasteiger charge is -2.05. The Morgan fingerprint density at radius 3 is 3.00 bits per heavy atom. The van der Waals surface area contributed by atoms with E-state index in [2.05, 4.69) is 10.1 Å². The molecule has 0 radical (unpaired) electrons. The van der Waals surface area contributed by atoms with Crippen molar-refractivity contribution in [1.29, 1.82) is 0 Å². The van der Waals surface area contributed by atoms with E-state index in [9.17, 15) is 4.79 Å². The summed E-state index contributed by atoms with van der Waals surface area (Å²) in [5.41, 5.74) is 2.89. The Morgan fingerprint density at radius 2 is 2.29 bits per heavy atom. The van der Waals surface area contributed by atoms with Gasteiger partial charge in [-0.25, -0.2) is 4.98 Å². The van der Waals surface area contributed by atoms with Crippen LogP contribution in [0.4, 0.5) is 0 Å². The molecule has 0 spiro atoms. The van der Waals surface area contributed by atoms with E-state index < -0.39 is 5.97 Å². The number of hydrogen-bond donors (Lipinski definition) is 1. The topological polar surface area (TPSA) is 81.1 Å². The second-order valence-electron chi connectivity index (χ2n) is 4.58. The lowest BCUT2D eigenvalue weighted by molar-refractivity contribution is -0.133. The van der Waals surface area contributed by atoms with E-state index >= 15 is 0 Å². The number of benzene rings is 1. The maximum absolute atomic E-state index is 10.8. The average Bonchev–Trinajstić information content (AvgIpc) is 3.07. The molecule has 0 atom stereocenters. The normalized spacial score (nSPS) is 11.1. The highest BCUT2D eigenvalue weighted by atomic mass is 32.2. The van der Waals surface area contributed by atoms with Crippen LogP contribution in [0.2, 0.25) is 0 Å². The number of hydrogen-bond acceptors (Lipinski definition) is 5. The number of carboxylic acids is 1. The first-order chi connectivity index (χ1) is 10.1. The highest BCUT2D eigenvalue weighted by molar-refractivity contribution is 7.99. The van der Waals surface area contributed by atoms with Crippen LogP contribution < -0.4 is 0 Å². The number of thioether (sulfide) groups is 1. The molecular weight excluding hydrogens is 290 g/mol. The molecule has 0 unspecified atom stereocenters. The third-order valence-electron chi connectivity index (χ3n) is 3.08. The zero-order valence-electron chi connectivity index (χ0n) is 11.3. The molecule has 108 valence electrons. The van der Waals surface area contributed by atoms with Crippen LogP contribution in [0.3, 0.4) is 0 Å². The molecule has 0 saturated heterocycles. The number of carbonyl (C=O) groups is 1. The van der Waals surface area contributed by atoms with Crippen LogP contribution in [0.15, 0.2) is 40.1 Å². The number of imidazole rings is 1. The van der Waals surface area contributed by atoms with Gasteiger partial charge >= 0.3 is 5.97 Å². The van der Waals surface area contributed by atoms with E-state index in [4.69, 9.17) is 9.63 Å². The second kappa shape index (κ2) is 5.61. The van der Waals surface area contributed by atoms with Crippen molar-refractivity contribution in [2.75, 3.05) is 5.75 Å². The molecule has 0 saturated carbocycles. The minimum Gasteiger partial charge on any atom is -0.481 e. The van der Waals surface area contributed by atoms with Crippen molar-refractivity contribution >= 4 is 28.8 Å². The molecular formula is C14H13N3O3S. The first kappa shape index (κ1) is 13.7. The third-order valence-corrected chi connectivity index (χ3v) is 4.04. The fraction of sp³-hybridized carbons (Fsp3) is 0.214. The van der Waals surface area contributed by atoms with Crippen LogP contribution in [0, 0.1) is 6.92 Å². The smallest absolute Gasteiger partial charge is 0.313 e. The van der Waals surface area contributed by atoms with Crippen molar-refractivity contribution in [3.63, 3.8) is 0 Å². The first-order valence-electron chi connectivity index (χ1n) is 6.35. The molecule has 6 nitrogen and oxygen atoms in total. The molecule has 1 aromatic carbocycles. The van der Waals surface area contributed by atoms with Gasteiger partial charge in [-0.05, 0) is 18.6 Å². The lowest BCUT2D eigenvalue weighted by atomic mass is 10.2. The maximum Gasteiger partial charge on any atom is 0.313 e. The van der Waals surface area contributed by atoms with Gasteiger partial charge in [0.25, 0.3) is 0 Å². The Morgan fingerprint density at radius 1 is 1.43 bits per heavy atom. The summed E-state index contributed by atoms with van der Waals surface area (Å²) in [4.78, 5) is 15.4. The minimum absolute atomic E-state index is 0.0290. The summed E-state index contributed by atoms with van der Waals surface area (Å²) < 4.78 is 7.10. The molecule has 0 aliphatic carbocycles.